The van der Waals surface area contributed by atoms with Crippen molar-refractivity contribution in [1.29, 1.82) is 0 Å². The molecule has 0 aliphatic carbocycles. The maximum absolute atomic E-state index is 12.8. The van der Waals surface area contributed by atoms with Crippen LogP contribution < -0.4 is 11.4 Å². The molecule has 11 heteroatoms. The number of ether oxygens (including phenoxy) is 2. The molecule has 0 aromatic carbocycles. The third-order valence-corrected chi connectivity index (χ3v) is 5.36. The highest BCUT2D eigenvalue weighted by atomic mass is 31.2. The minimum Gasteiger partial charge on any atom is -0.383 e. The van der Waals surface area contributed by atoms with Gasteiger partial charge in [-0.25, -0.2) is 9.36 Å². The highest BCUT2D eigenvalue weighted by molar-refractivity contribution is 7.53. The summed E-state index contributed by atoms with van der Waals surface area (Å²) in [6.45, 7) is 6.97. The molecule has 0 bridgehead atoms. The minimum atomic E-state index is -3.47. The van der Waals surface area contributed by atoms with Crippen molar-refractivity contribution in [2.24, 2.45) is 0 Å². The quantitative estimate of drug-likeness (QED) is 0.627. The van der Waals surface area contributed by atoms with E-state index in [1.165, 1.54) is 12.3 Å². The van der Waals surface area contributed by atoms with Crippen molar-refractivity contribution in [2.75, 3.05) is 18.7 Å². The molecule has 0 saturated carbocycles. The maximum atomic E-state index is 12.8. The van der Waals surface area contributed by atoms with E-state index < -0.39 is 25.3 Å². The number of nitrogens with two attached hydrogens (primary N) is 1. The van der Waals surface area contributed by atoms with Crippen LogP contribution in [0.2, 0.25) is 0 Å². The first-order valence-electron chi connectivity index (χ1n) is 8.32. The fraction of sp³-hybridized carbons (Fsp3) is 0.733. The predicted octanol–water partition coefficient (Wildman–Crippen LogP) is 1.23. The van der Waals surface area contributed by atoms with Crippen LogP contribution >= 0.6 is 7.60 Å². The molecular formula is C15H26N3O7P. The lowest BCUT2D eigenvalue weighted by Crippen LogP contribution is -2.41. The van der Waals surface area contributed by atoms with E-state index in [1.807, 2.05) is 0 Å². The summed E-state index contributed by atoms with van der Waals surface area (Å²) in [7, 11) is -3.47. The predicted molar refractivity (Wildman–Crippen MR) is 93.5 cm³/mol. The maximum Gasteiger partial charge on any atom is 0.356 e. The van der Waals surface area contributed by atoms with E-state index in [1.54, 1.807) is 27.7 Å². The Hall–Kier alpha value is -1.29. The van der Waals surface area contributed by atoms with E-state index in [0.29, 0.717) is 0 Å². The molecular weight excluding hydrogens is 365 g/mol. The van der Waals surface area contributed by atoms with Crippen LogP contribution in [-0.2, 0) is 29.0 Å². The van der Waals surface area contributed by atoms with Crippen LogP contribution in [0.1, 0.15) is 34.1 Å². The molecule has 1 saturated heterocycles. The number of aromatic nitrogens is 2. The molecule has 10 nitrogen and oxygen atoms in total. The second kappa shape index (κ2) is 8.16. The average Bonchev–Trinajstić information content (AvgIpc) is 2.86. The van der Waals surface area contributed by atoms with Crippen LogP contribution in [0.3, 0.4) is 0 Å². The lowest BCUT2D eigenvalue weighted by Gasteiger charge is -2.25. The second-order valence-corrected chi connectivity index (χ2v) is 8.50. The van der Waals surface area contributed by atoms with Crippen molar-refractivity contribution in [3.05, 3.63) is 22.7 Å². The Morgan fingerprint density at radius 2 is 2.04 bits per heavy atom. The first kappa shape index (κ1) is 21.0. The van der Waals surface area contributed by atoms with Crippen LogP contribution in [0.15, 0.2) is 17.1 Å². The average molecular weight is 391 g/mol. The molecule has 2 atom stereocenters. The van der Waals surface area contributed by atoms with Gasteiger partial charge in [0.1, 0.15) is 12.2 Å². The fourth-order valence-electron chi connectivity index (χ4n) is 2.52. The Morgan fingerprint density at radius 3 is 2.58 bits per heavy atom. The zero-order valence-electron chi connectivity index (χ0n) is 15.3. The van der Waals surface area contributed by atoms with Gasteiger partial charge in [0.2, 0.25) is 0 Å². The summed E-state index contributed by atoms with van der Waals surface area (Å²) < 4.78 is 35.4. The fourth-order valence-corrected chi connectivity index (χ4v) is 4.37. The first-order chi connectivity index (χ1) is 12.0. The summed E-state index contributed by atoms with van der Waals surface area (Å²) in [5.74, 6) is -1.87. The van der Waals surface area contributed by atoms with Gasteiger partial charge in [-0.1, -0.05) is 0 Å². The SMILES string of the molecule is CC(C)OP(=O)(CO[C@@H]1CO[C@@](O)(n2ccc(N)nc2=O)C1)OC(C)C. The van der Waals surface area contributed by atoms with Crippen LogP contribution in [0.25, 0.3) is 0 Å². The van der Waals surface area contributed by atoms with Gasteiger partial charge in [-0.15, -0.1) is 0 Å². The monoisotopic (exact) mass is 391 g/mol. The number of nitrogen functional groups attached to an aromatic ring is 1. The van der Waals surface area contributed by atoms with Crippen LogP contribution in [0.4, 0.5) is 5.82 Å². The van der Waals surface area contributed by atoms with E-state index in [2.05, 4.69) is 4.98 Å². The Morgan fingerprint density at radius 1 is 1.42 bits per heavy atom. The van der Waals surface area contributed by atoms with Crippen LogP contribution in [-0.4, -0.2) is 45.9 Å². The van der Waals surface area contributed by atoms with Crippen LogP contribution in [0, 0.1) is 0 Å². The van der Waals surface area contributed by atoms with E-state index in [-0.39, 0.29) is 37.4 Å². The van der Waals surface area contributed by atoms with Gasteiger partial charge in [-0.3, -0.25) is 4.57 Å². The molecule has 1 aliphatic rings. The summed E-state index contributed by atoms with van der Waals surface area (Å²) in [5.41, 5.74) is 4.70. The number of nitrogens with zero attached hydrogens (tertiary/aromatic N) is 2. The van der Waals surface area contributed by atoms with Gasteiger partial charge < -0.3 is 29.4 Å². The lowest BCUT2D eigenvalue weighted by atomic mass is 10.2. The first-order valence-corrected chi connectivity index (χ1v) is 10.1. The van der Waals surface area contributed by atoms with Crippen LogP contribution in [0.5, 0.6) is 0 Å². The van der Waals surface area contributed by atoms with Crippen molar-refractivity contribution < 1.29 is 28.2 Å². The molecule has 0 radical (unpaired) electrons. The van der Waals surface area contributed by atoms with E-state index in [9.17, 15) is 14.5 Å². The van der Waals surface area contributed by atoms with Gasteiger partial charge in [0.05, 0.1) is 31.3 Å². The van der Waals surface area contributed by atoms with Crippen molar-refractivity contribution in [3.63, 3.8) is 0 Å². The molecule has 1 fully saturated rings. The van der Waals surface area contributed by atoms with Crippen molar-refractivity contribution in [1.82, 2.24) is 9.55 Å². The standard InChI is InChI=1S/C15H26N3O7P/c1-10(2)24-26(21,25-11(3)4)9-22-12-7-15(20,23-8-12)18-6-5-13(16)17-14(18)19/h5-6,10-12,20H,7-9H2,1-4H3,(H2,16,17,19)/t12-,15+/m0/s1. The summed E-state index contributed by atoms with van der Waals surface area (Å²) in [5, 5.41) is 10.6. The molecule has 2 rings (SSSR count). The Bertz CT molecular complexity index is 709. The zero-order valence-corrected chi connectivity index (χ0v) is 16.2. The highest BCUT2D eigenvalue weighted by Crippen LogP contribution is 2.51. The second-order valence-electron chi connectivity index (χ2n) is 6.60. The number of aliphatic hydroxyl groups is 1. The Labute approximate surface area is 151 Å². The van der Waals surface area contributed by atoms with Crippen molar-refractivity contribution >= 4 is 13.4 Å². The number of hydrogen-bond acceptors (Lipinski definition) is 9. The Kier molecular flexibility index (Phi) is 6.60. The minimum absolute atomic E-state index is 0.00330. The van der Waals surface area contributed by atoms with Gasteiger partial charge in [0.15, 0.2) is 0 Å². The van der Waals surface area contributed by atoms with Gasteiger partial charge in [-0.2, -0.15) is 4.98 Å². The lowest BCUT2D eigenvalue weighted by molar-refractivity contribution is -0.237. The third-order valence-electron chi connectivity index (χ3n) is 3.41. The number of rotatable bonds is 8. The van der Waals surface area contributed by atoms with Gasteiger partial charge in [0.25, 0.3) is 5.91 Å². The Balaban J connectivity index is 2.03. The van der Waals surface area contributed by atoms with Gasteiger partial charge in [-0.05, 0) is 33.8 Å². The highest BCUT2D eigenvalue weighted by Gasteiger charge is 2.43. The van der Waals surface area contributed by atoms with E-state index in [0.717, 1.165) is 4.57 Å². The molecule has 3 N–H and O–H groups in total. The van der Waals surface area contributed by atoms with Gasteiger partial charge in [0, 0.05) is 6.20 Å². The molecule has 0 unspecified atom stereocenters. The molecule has 2 heterocycles. The molecule has 1 aromatic rings. The molecule has 26 heavy (non-hydrogen) atoms. The van der Waals surface area contributed by atoms with Crippen molar-refractivity contribution in [2.45, 2.75) is 58.3 Å². The zero-order chi connectivity index (χ0) is 19.5. The normalized spacial score (nSPS) is 23.9. The van der Waals surface area contributed by atoms with E-state index >= 15 is 0 Å². The summed E-state index contributed by atoms with van der Waals surface area (Å²) in [6, 6.07) is 1.37. The topological polar surface area (TPSA) is 135 Å². The molecule has 0 amide bonds. The smallest absolute Gasteiger partial charge is 0.356 e. The number of hydrogen-bond donors (Lipinski definition) is 2. The van der Waals surface area contributed by atoms with E-state index in [4.69, 9.17) is 24.3 Å². The third kappa shape index (κ3) is 5.35. The molecule has 1 aliphatic heterocycles. The summed E-state index contributed by atoms with van der Waals surface area (Å²) >= 11 is 0. The largest absolute Gasteiger partial charge is 0.383 e. The molecule has 148 valence electrons. The summed E-state index contributed by atoms with van der Waals surface area (Å²) in [6.07, 6.45) is -0.269. The van der Waals surface area contributed by atoms with Crippen molar-refractivity contribution in [3.8, 4) is 0 Å². The van der Waals surface area contributed by atoms with Gasteiger partial charge >= 0.3 is 13.3 Å². The number of anilines is 1. The molecule has 1 aromatic heterocycles. The summed E-state index contributed by atoms with van der Waals surface area (Å²) in [4.78, 5) is 15.5. The molecule has 0 spiro atoms.